The molecule has 5 nitrogen and oxygen atoms in total. The van der Waals surface area contributed by atoms with E-state index in [4.69, 9.17) is 21.6 Å². The van der Waals surface area contributed by atoms with Gasteiger partial charge in [-0.05, 0) is 35.9 Å². The van der Waals surface area contributed by atoms with Crippen molar-refractivity contribution in [3.63, 3.8) is 0 Å². The largest absolute Gasteiger partial charge is 0.487 e. The van der Waals surface area contributed by atoms with Gasteiger partial charge < -0.3 is 4.74 Å². The zero-order chi connectivity index (χ0) is 21.1. The smallest absolute Gasteiger partial charge is 0.197 e. The van der Waals surface area contributed by atoms with Gasteiger partial charge in [-0.25, -0.2) is 9.37 Å². The van der Waals surface area contributed by atoms with Crippen molar-refractivity contribution in [2.75, 3.05) is 0 Å². The van der Waals surface area contributed by atoms with Crippen LogP contribution in [0.2, 0.25) is 5.02 Å². The number of aromatic nitrogens is 2. The average molecular weight is 418 g/mol. The molecular formula is C23H13ClFN3O2. The van der Waals surface area contributed by atoms with Gasteiger partial charge in [0.15, 0.2) is 11.5 Å². The fourth-order valence-electron chi connectivity index (χ4n) is 2.94. The van der Waals surface area contributed by atoms with Crippen molar-refractivity contribution < 1.29 is 13.9 Å². The van der Waals surface area contributed by atoms with Crippen LogP contribution in [0.5, 0.6) is 5.75 Å². The van der Waals surface area contributed by atoms with Gasteiger partial charge in [0, 0.05) is 5.56 Å². The molecule has 0 N–H and O–H groups in total. The minimum Gasteiger partial charge on any atom is -0.487 e. The number of benzene rings is 3. The summed E-state index contributed by atoms with van der Waals surface area (Å²) in [5.41, 5.74) is 1.78. The molecule has 0 aliphatic rings. The maximum atomic E-state index is 14.5. The molecule has 0 saturated carbocycles. The molecule has 0 spiro atoms. The number of rotatable bonds is 5. The zero-order valence-corrected chi connectivity index (χ0v) is 16.2. The van der Waals surface area contributed by atoms with Gasteiger partial charge in [0.2, 0.25) is 0 Å². The Labute approximate surface area is 176 Å². The number of hydrogen-bond donors (Lipinski definition) is 0. The van der Waals surface area contributed by atoms with E-state index in [0.717, 1.165) is 11.6 Å². The van der Waals surface area contributed by atoms with Crippen molar-refractivity contribution >= 4 is 28.4 Å². The topological polar surface area (TPSA) is 75.9 Å². The summed E-state index contributed by atoms with van der Waals surface area (Å²) in [5.74, 6) is -1.17. The minimum absolute atomic E-state index is 0.104. The van der Waals surface area contributed by atoms with Crippen molar-refractivity contribution in [2.24, 2.45) is 0 Å². The summed E-state index contributed by atoms with van der Waals surface area (Å²) in [4.78, 5) is 21.3. The molecule has 30 heavy (non-hydrogen) atoms. The Morgan fingerprint density at radius 2 is 1.90 bits per heavy atom. The van der Waals surface area contributed by atoms with Crippen LogP contribution in [0.25, 0.3) is 11.0 Å². The molecule has 0 amide bonds. The molecule has 0 unspecified atom stereocenters. The van der Waals surface area contributed by atoms with Crippen molar-refractivity contribution in [1.82, 2.24) is 9.97 Å². The first kappa shape index (κ1) is 19.5. The Bertz CT molecular complexity index is 1300. The number of nitrogens with zero attached hydrogens (tertiary/aromatic N) is 3. The number of carbonyl (C=O) groups is 1. The van der Waals surface area contributed by atoms with Crippen molar-refractivity contribution in [3.05, 3.63) is 100 Å². The Kier molecular flexibility index (Phi) is 5.38. The van der Waals surface area contributed by atoms with Crippen LogP contribution in [0.4, 0.5) is 4.39 Å². The molecule has 0 aliphatic carbocycles. The molecule has 7 heteroatoms. The summed E-state index contributed by atoms with van der Waals surface area (Å²) >= 11 is 6.33. The van der Waals surface area contributed by atoms with Gasteiger partial charge in [0.1, 0.15) is 24.2 Å². The molecule has 3 aromatic carbocycles. The molecule has 1 heterocycles. The quantitative estimate of drug-likeness (QED) is 0.422. The summed E-state index contributed by atoms with van der Waals surface area (Å²) in [5, 5.41) is 8.89. The second-order valence-electron chi connectivity index (χ2n) is 6.41. The number of ketones is 1. The third-order valence-electron chi connectivity index (χ3n) is 4.44. The average Bonchev–Trinajstić information content (AvgIpc) is 2.78. The van der Waals surface area contributed by atoms with Crippen LogP contribution in [0, 0.1) is 17.1 Å². The Morgan fingerprint density at radius 3 is 2.67 bits per heavy atom. The van der Waals surface area contributed by atoms with E-state index < -0.39 is 11.6 Å². The summed E-state index contributed by atoms with van der Waals surface area (Å²) in [6.45, 7) is 0.225. The Hall–Kier alpha value is -3.82. The number of hydrogen-bond acceptors (Lipinski definition) is 5. The van der Waals surface area contributed by atoms with Gasteiger partial charge in [0.05, 0.1) is 27.8 Å². The van der Waals surface area contributed by atoms with E-state index in [1.165, 1.54) is 24.4 Å². The number of carbonyl (C=O) groups excluding carboxylic acids is 1. The van der Waals surface area contributed by atoms with Crippen LogP contribution in [0.15, 0.2) is 66.9 Å². The van der Waals surface area contributed by atoms with Crippen molar-refractivity contribution in [3.8, 4) is 11.8 Å². The van der Waals surface area contributed by atoms with E-state index in [1.54, 1.807) is 6.07 Å². The molecule has 1 aromatic heterocycles. The summed E-state index contributed by atoms with van der Waals surface area (Å²) in [6.07, 6.45) is 1.34. The van der Waals surface area contributed by atoms with E-state index in [2.05, 4.69) is 9.97 Å². The Morgan fingerprint density at radius 1 is 1.10 bits per heavy atom. The first-order chi connectivity index (χ1) is 14.6. The Balaban J connectivity index is 1.68. The van der Waals surface area contributed by atoms with Gasteiger partial charge in [0.25, 0.3) is 0 Å². The van der Waals surface area contributed by atoms with E-state index in [9.17, 15) is 9.18 Å². The van der Waals surface area contributed by atoms with Gasteiger partial charge in [-0.2, -0.15) is 5.26 Å². The fourth-order valence-corrected chi connectivity index (χ4v) is 3.23. The lowest BCUT2D eigenvalue weighted by atomic mass is 10.0. The van der Waals surface area contributed by atoms with Gasteiger partial charge in [-0.3, -0.25) is 9.78 Å². The van der Waals surface area contributed by atoms with E-state index in [1.807, 2.05) is 36.4 Å². The molecule has 0 bridgehead atoms. The van der Waals surface area contributed by atoms with Crippen LogP contribution in [0.3, 0.4) is 0 Å². The highest BCUT2D eigenvalue weighted by molar-refractivity contribution is 6.36. The van der Waals surface area contributed by atoms with Crippen LogP contribution in [-0.2, 0) is 6.61 Å². The lowest BCUT2D eigenvalue weighted by molar-refractivity contribution is 0.103. The van der Waals surface area contributed by atoms with E-state index >= 15 is 0 Å². The second-order valence-corrected chi connectivity index (χ2v) is 6.79. The van der Waals surface area contributed by atoms with Gasteiger partial charge >= 0.3 is 0 Å². The van der Waals surface area contributed by atoms with E-state index in [0.29, 0.717) is 11.0 Å². The first-order valence-corrected chi connectivity index (χ1v) is 9.31. The van der Waals surface area contributed by atoms with Crippen molar-refractivity contribution in [1.29, 1.82) is 5.26 Å². The van der Waals surface area contributed by atoms with Gasteiger partial charge in [-0.15, -0.1) is 0 Å². The summed E-state index contributed by atoms with van der Waals surface area (Å²) in [6, 6.07) is 18.4. The maximum Gasteiger partial charge on any atom is 0.197 e. The molecule has 146 valence electrons. The fraction of sp³-hybridized carbons (Fsp3) is 0.0435. The van der Waals surface area contributed by atoms with Crippen molar-refractivity contribution in [2.45, 2.75) is 6.61 Å². The highest BCUT2D eigenvalue weighted by Gasteiger charge is 2.22. The lowest BCUT2D eigenvalue weighted by Gasteiger charge is -2.12. The molecule has 4 aromatic rings. The SMILES string of the molecule is N#Cc1cnc2ccc(C(=O)c3c(F)ccc(OCc4ccccc4)c3Cl)cc2n1. The third kappa shape index (κ3) is 3.84. The molecule has 0 aliphatic heterocycles. The molecule has 0 atom stereocenters. The van der Waals surface area contributed by atoms with Crippen LogP contribution < -0.4 is 4.74 Å². The van der Waals surface area contributed by atoms with E-state index in [-0.39, 0.29) is 34.2 Å². The molecule has 4 rings (SSSR count). The third-order valence-corrected chi connectivity index (χ3v) is 4.81. The van der Waals surface area contributed by atoms with Crippen LogP contribution in [0.1, 0.15) is 27.2 Å². The molecule has 0 radical (unpaired) electrons. The molecule has 0 saturated heterocycles. The monoisotopic (exact) mass is 417 g/mol. The predicted molar refractivity (Wildman–Crippen MR) is 110 cm³/mol. The number of halogens is 2. The van der Waals surface area contributed by atoms with Crippen LogP contribution >= 0.6 is 11.6 Å². The minimum atomic E-state index is -0.756. The lowest BCUT2D eigenvalue weighted by Crippen LogP contribution is -2.07. The number of ether oxygens (including phenoxy) is 1. The standard InChI is InChI=1S/C23H13ClFN3O2/c24-22-20(30-13-14-4-2-1-3-5-14)9-7-17(25)21(22)23(29)15-6-8-18-19(10-15)28-16(11-26)12-27-18/h1-10,12H,13H2. The van der Waals surface area contributed by atoms with Gasteiger partial charge in [-0.1, -0.05) is 41.9 Å². The summed E-state index contributed by atoms with van der Waals surface area (Å²) < 4.78 is 20.2. The molecular weight excluding hydrogens is 405 g/mol. The second kappa shape index (κ2) is 8.27. The predicted octanol–water partition coefficient (Wildman–Crippen LogP) is 5.10. The highest BCUT2D eigenvalue weighted by Crippen LogP contribution is 2.33. The maximum absolute atomic E-state index is 14.5. The first-order valence-electron chi connectivity index (χ1n) is 8.93. The highest BCUT2D eigenvalue weighted by atomic mass is 35.5. The number of fused-ring (bicyclic) bond motifs is 1. The number of nitriles is 1. The zero-order valence-electron chi connectivity index (χ0n) is 15.5. The molecule has 0 fully saturated rings. The normalized spacial score (nSPS) is 10.6. The van der Waals surface area contributed by atoms with Crippen LogP contribution in [-0.4, -0.2) is 15.8 Å². The summed E-state index contributed by atoms with van der Waals surface area (Å²) in [7, 11) is 0.